The van der Waals surface area contributed by atoms with Crippen LogP contribution < -0.4 is 5.32 Å². The Kier molecular flexibility index (Phi) is 13.5. The highest BCUT2D eigenvalue weighted by Gasteiger charge is 2.52. The molecule has 0 saturated carbocycles. The second kappa shape index (κ2) is 16.0. The highest BCUT2D eigenvalue weighted by Crippen LogP contribution is 2.31. The van der Waals surface area contributed by atoms with Crippen LogP contribution in [0.3, 0.4) is 0 Å². The van der Waals surface area contributed by atoms with Crippen molar-refractivity contribution in [3.05, 3.63) is 11.6 Å². The fourth-order valence-electron chi connectivity index (χ4n) is 5.36. The average molecular weight is 646 g/mol. The van der Waals surface area contributed by atoms with Gasteiger partial charge in [-0.15, -0.1) is 0 Å². The average Bonchev–Trinajstić information content (AvgIpc) is 3.02. The summed E-state index contributed by atoms with van der Waals surface area (Å²) < 4.78 is 22.0. The molecular formula is C25H43NO18. The number of aldehydes is 1. The summed E-state index contributed by atoms with van der Waals surface area (Å²) in [5, 5.41) is 135. The fraction of sp³-hybridized carbons (Fsp3) is 0.880. The number of carbonyl (C=O) groups excluding carboxylic acids is 1. The lowest BCUT2D eigenvalue weighted by Crippen LogP contribution is -2.68. The predicted octanol–water partition coefficient (Wildman–Crippen LogP) is -8.72. The smallest absolute Gasteiger partial charge is 0.187 e. The van der Waals surface area contributed by atoms with Crippen LogP contribution in [0, 0.1) is 0 Å². The van der Waals surface area contributed by atoms with Gasteiger partial charge in [-0.3, -0.25) is 0 Å². The molecule has 0 bridgehead atoms. The van der Waals surface area contributed by atoms with E-state index in [1.807, 2.05) is 0 Å². The summed E-state index contributed by atoms with van der Waals surface area (Å²) >= 11 is 0. The molecule has 18 atom stereocenters. The SMILES string of the molecule is C[C@H]1O[C@@H](O[C@@H]2[C@@H](O)[C@H](O)[C@@H](O[C@@H]([C@H](O)[C@H](O)C=O)[C@H](O)CO)O[C@H]2CO)[C@H](O)[C@H](O)[C@@H]1N[C@@H]1C=C(CO)[C@H](O)[C@@H](O)[C@@H]1O. The normalized spacial score (nSPS) is 44.4. The highest BCUT2D eigenvalue weighted by atomic mass is 16.7. The van der Waals surface area contributed by atoms with E-state index in [0.717, 1.165) is 0 Å². The van der Waals surface area contributed by atoms with E-state index in [1.165, 1.54) is 13.0 Å². The maximum Gasteiger partial charge on any atom is 0.187 e. The van der Waals surface area contributed by atoms with E-state index in [0.29, 0.717) is 0 Å². The molecule has 3 rings (SSSR count). The molecule has 0 radical (unpaired) electrons. The zero-order valence-electron chi connectivity index (χ0n) is 23.5. The van der Waals surface area contributed by atoms with Crippen molar-refractivity contribution < 1.29 is 90.1 Å². The first kappa shape index (κ1) is 37.2. The molecule has 2 fully saturated rings. The molecular weight excluding hydrogens is 602 g/mol. The minimum absolute atomic E-state index is 0.00900. The Bertz CT molecular complexity index is 943. The summed E-state index contributed by atoms with van der Waals surface area (Å²) in [5.74, 6) is 0. The van der Waals surface area contributed by atoms with Gasteiger partial charge in [0.25, 0.3) is 0 Å². The Morgan fingerprint density at radius 2 is 1.52 bits per heavy atom. The van der Waals surface area contributed by atoms with Crippen molar-refractivity contribution in [1.82, 2.24) is 5.32 Å². The molecule has 2 aliphatic heterocycles. The van der Waals surface area contributed by atoms with Gasteiger partial charge in [-0.2, -0.15) is 0 Å². The van der Waals surface area contributed by atoms with E-state index in [2.05, 4.69) is 5.32 Å². The van der Waals surface area contributed by atoms with Gasteiger partial charge in [-0.25, -0.2) is 0 Å². The Balaban J connectivity index is 1.71. The van der Waals surface area contributed by atoms with Gasteiger partial charge in [0.1, 0.15) is 79.4 Å². The Morgan fingerprint density at radius 1 is 0.886 bits per heavy atom. The summed E-state index contributed by atoms with van der Waals surface area (Å²) in [5.41, 5.74) is 0.00900. The van der Waals surface area contributed by atoms with E-state index < -0.39 is 130 Å². The van der Waals surface area contributed by atoms with Gasteiger partial charge in [0, 0.05) is 0 Å². The minimum Gasteiger partial charge on any atom is -0.394 e. The molecule has 1 aliphatic carbocycles. The zero-order valence-corrected chi connectivity index (χ0v) is 23.5. The van der Waals surface area contributed by atoms with Crippen LogP contribution in [0.1, 0.15) is 6.92 Å². The lowest BCUT2D eigenvalue weighted by molar-refractivity contribution is -0.361. The van der Waals surface area contributed by atoms with Gasteiger partial charge in [0.15, 0.2) is 18.9 Å². The first-order valence-corrected chi connectivity index (χ1v) is 13.9. The number of aliphatic hydroxyl groups excluding tert-OH is 13. The fourth-order valence-corrected chi connectivity index (χ4v) is 5.36. The second-order valence-corrected chi connectivity index (χ2v) is 11.0. The van der Waals surface area contributed by atoms with Crippen LogP contribution in [0.15, 0.2) is 11.6 Å². The van der Waals surface area contributed by atoms with Gasteiger partial charge in [0.2, 0.25) is 0 Å². The molecule has 19 heteroatoms. The third kappa shape index (κ3) is 7.79. The maximum absolute atomic E-state index is 10.9. The van der Waals surface area contributed by atoms with Crippen LogP contribution in [0.4, 0.5) is 0 Å². The van der Waals surface area contributed by atoms with Crippen LogP contribution in [0.2, 0.25) is 0 Å². The lowest BCUT2D eigenvalue weighted by atomic mass is 9.86. The van der Waals surface area contributed by atoms with E-state index in [1.54, 1.807) is 0 Å². The third-order valence-corrected chi connectivity index (χ3v) is 8.03. The highest BCUT2D eigenvalue weighted by molar-refractivity contribution is 5.56. The molecule has 0 unspecified atom stereocenters. The minimum atomic E-state index is -2.10. The molecule has 2 heterocycles. The first-order valence-electron chi connectivity index (χ1n) is 13.9. The summed E-state index contributed by atoms with van der Waals surface area (Å²) in [6, 6.07) is -2.21. The van der Waals surface area contributed by atoms with E-state index >= 15 is 0 Å². The monoisotopic (exact) mass is 645 g/mol. The molecule has 14 N–H and O–H groups in total. The number of ether oxygens (including phenoxy) is 4. The molecule has 0 amide bonds. The van der Waals surface area contributed by atoms with Crippen LogP contribution in [0.25, 0.3) is 0 Å². The zero-order chi connectivity index (χ0) is 33.0. The topological polar surface area (TPSA) is 329 Å². The van der Waals surface area contributed by atoms with E-state index in [9.17, 15) is 71.2 Å². The molecule has 2 saturated heterocycles. The van der Waals surface area contributed by atoms with E-state index in [-0.39, 0.29) is 11.9 Å². The van der Waals surface area contributed by atoms with Crippen molar-refractivity contribution in [3.63, 3.8) is 0 Å². The number of hydrogen-bond acceptors (Lipinski definition) is 19. The summed E-state index contributed by atoms with van der Waals surface area (Å²) in [6.45, 7) is -1.08. The number of rotatable bonds is 13. The molecule has 3 aliphatic rings. The van der Waals surface area contributed by atoms with Crippen molar-refractivity contribution in [2.75, 3.05) is 19.8 Å². The standard InChI is InChI=1S/C25H43NO18/c1-7-13(26-9-2-8(3-27)14(33)18(37)15(9)34)17(36)20(39)24(41-7)44-23-12(6-30)42-25(21(40)19(23)38)43-22(11(32)5-29)16(35)10(31)4-28/h2,4,7,9-27,29-40H,3,5-6H2,1H3/t7-,9-,10-,11-,12+,13-,14+,15-,16-,17-,18-,19+,20-,21+,22-,23+,24+,25-/m1/s1. The second-order valence-electron chi connectivity index (χ2n) is 11.0. The Morgan fingerprint density at radius 3 is 2.09 bits per heavy atom. The molecule has 19 nitrogen and oxygen atoms in total. The lowest BCUT2D eigenvalue weighted by Gasteiger charge is -2.48. The summed E-state index contributed by atoms with van der Waals surface area (Å²) in [7, 11) is 0. The number of hydrogen-bond donors (Lipinski definition) is 14. The van der Waals surface area contributed by atoms with E-state index in [4.69, 9.17) is 18.9 Å². The van der Waals surface area contributed by atoms with Crippen LogP contribution in [0.5, 0.6) is 0 Å². The predicted molar refractivity (Wildman–Crippen MR) is 139 cm³/mol. The molecule has 44 heavy (non-hydrogen) atoms. The maximum atomic E-state index is 10.9. The van der Waals surface area contributed by atoms with Crippen molar-refractivity contribution in [3.8, 4) is 0 Å². The number of nitrogens with one attached hydrogen (secondary N) is 1. The quantitative estimate of drug-likeness (QED) is 0.0653. The van der Waals surface area contributed by atoms with Crippen LogP contribution in [-0.4, -0.2) is 203 Å². The summed E-state index contributed by atoms with van der Waals surface area (Å²) in [6.07, 6.45) is -26.8. The largest absolute Gasteiger partial charge is 0.394 e. The molecule has 0 aromatic rings. The van der Waals surface area contributed by atoms with Gasteiger partial charge in [0.05, 0.1) is 38.0 Å². The Hall–Kier alpha value is -1.31. The van der Waals surface area contributed by atoms with Crippen LogP contribution in [-0.2, 0) is 23.7 Å². The number of aliphatic hydroxyl groups is 13. The van der Waals surface area contributed by atoms with Crippen molar-refractivity contribution in [2.24, 2.45) is 0 Å². The molecule has 256 valence electrons. The van der Waals surface area contributed by atoms with Crippen LogP contribution >= 0.6 is 0 Å². The van der Waals surface area contributed by atoms with Gasteiger partial charge in [-0.05, 0) is 12.5 Å². The van der Waals surface area contributed by atoms with Gasteiger partial charge < -0.3 is 95.4 Å². The molecule has 0 aromatic heterocycles. The molecule has 0 aromatic carbocycles. The Labute approximate surface area is 250 Å². The first-order chi connectivity index (χ1) is 20.7. The van der Waals surface area contributed by atoms with Crippen molar-refractivity contribution >= 4 is 6.29 Å². The molecule has 0 spiro atoms. The van der Waals surface area contributed by atoms with Crippen molar-refractivity contribution in [2.45, 2.75) is 117 Å². The van der Waals surface area contributed by atoms with Gasteiger partial charge >= 0.3 is 0 Å². The number of carbonyl (C=O) groups is 1. The van der Waals surface area contributed by atoms with Crippen molar-refractivity contribution in [1.29, 1.82) is 0 Å². The third-order valence-electron chi connectivity index (χ3n) is 8.03. The van der Waals surface area contributed by atoms with Gasteiger partial charge in [-0.1, -0.05) is 6.08 Å². The summed E-state index contributed by atoms with van der Waals surface area (Å²) in [4.78, 5) is 10.9.